The van der Waals surface area contributed by atoms with Gasteiger partial charge in [-0.2, -0.15) is 30.7 Å². The summed E-state index contributed by atoms with van der Waals surface area (Å²) in [6.07, 6.45) is -6.31. The molecule has 0 fully saturated rings. The van der Waals surface area contributed by atoms with E-state index in [9.17, 15) is 30.7 Å². The number of hydrogen-bond acceptors (Lipinski definition) is 1. The topological polar surface area (TPSA) is 20.2 Å². The summed E-state index contributed by atoms with van der Waals surface area (Å²) in [4.78, 5) is 0. The molecule has 0 aromatic heterocycles. The molecular formula is C9H10F7IO. The van der Waals surface area contributed by atoms with Crippen molar-refractivity contribution in [3.63, 3.8) is 0 Å². The lowest BCUT2D eigenvalue weighted by Gasteiger charge is -2.26. The van der Waals surface area contributed by atoms with Gasteiger partial charge >= 0.3 is 18.0 Å². The van der Waals surface area contributed by atoms with Gasteiger partial charge in [-0.3, -0.25) is 0 Å². The molecule has 0 bridgehead atoms. The monoisotopic (exact) mass is 394 g/mol. The fraction of sp³-hybridized carbons (Fsp3) is 0.778. The van der Waals surface area contributed by atoms with E-state index in [0.29, 0.717) is 0 Å². The second kappa shape index (κ2) is 6.40. The zero-order valence-corrected chi connectivity index (χ0v) is 11.0. The second-order valence-corrected chi connectivity index (χ2v) is 4.85. The number of aliphatic hydroxyl groups excluding tert-OH is 1. The maximum atomic E-state index is 12.9. The molecule has 0 spiro atoms. The highest BCUT2D eigenvalue weighted by Gasteiger charge is 2.72. The van der Waals surface area contributed by atoms with Crippen molar-refractivity contribution < 1.29 is 35.8 Å². The van der Waals surface area contributed by atoms with Crippen LogP contribution in [0.15, 0.2) is 9.66 Å². The van der Waals surface area contributed by atoms with E-state index in [0.717, 1.165) is 0 Å². The molecule has 0 aromatic rings. The molecule has 0 atom stereocenters. The third-order valence-electron chi connectivity index (χ3n) is 1.94. The molecule has 18 heavy (non-hydrogen) atoms. The van der Waals surface area contributed by atoms with Crippen molar-refractivity contribution in [1.29, 1.82) is 0 Å². The van der Waals surface area contributed by atoms with Gasteiger partial charge in [-0.05, 0) is 45.4 Å². The number of hydrogen-bond donors (Lipinski definition) is 1. The van der Waals surface area contributed by atoms with Crippen LogP contribution in [0.25, 0.3) is 0 Å². The van der Waals surface area contributed by atoms with Gasteiger partial charge in [0.25, 0.3) is 0 Å². The fourth-order valence-electron chi connectivity index (χ4n) is 0.954. The van der Waals surface area contributed by atoms with Crippen molar-refractivity contribution in [2.75, 3.05) is 6.61 Å². The highest BCUT2D eigenvalue weighted by atomic mass is 127. The zero-order valence-electron chi connectivity index (χ0n) is 8.88. The second-order valence-electron chi connectivity index (χ2n) is 3.47. The Hall–Kier alpha value is -0.0600. The van der Waals surface area contributed by atoms with Gasteiger partial charge in [-0.15, -0.1) is 0 Å². The Kier molecular flexibility index (Phi) is 6.38. The Bertz CT molecular complexity index is 298. The minimum Gasteiger partial charge on any atom is -0.396 e. The largest absolute Gasteiger partial charge is 0.460 e. The molecule has 0 saturated heterocycles. The van der Waals surface area contributed by atoms with Crippen molar-refractivity contribution in [3.05, 3.63) is 9.66 Å². The Morgan fingerprint density at radius 2 is 1.50 bits per heavy atom. The van der Waals surface area contributed by atoms with Gasteiger partial charge in [-0.25, -0.2) is 0 Å². The van der Waals surface area contributed by atoms with Crippen LogP contribution in [0.2, 0.25) is 0 Å². The normalized spacial score (nSPS) is 15.1. The molecule has 108 valence electrons. The summed E-state index contributed by atoms with van der Waals surface area (Å²) in [6.45, 7) is -0.209. The molecule has 9 heteroatoms. The molecule has 0 rings (SSSR count). The minimum absolute atomic E-state index is 0.0926. The zero-order chi connectivity index (χ0) is 14.6. The lowest BCUT2D eigenvalue weighted by molar-refractivity contribution is -0.341. The molecule has 0 radical (unpaired) electrons. The van der Waals surface area contributed by atoms with Crippen molar-refractivity contribution in [2.24, 2.45) is 0 Å². The number of unbranched alkanes of at least 4 members (excludes halogenated alkanes) is 1. The average molecular weight is 394 g/mol. The van der Waals surface area contributed by atoms with Gasteiger partial charge in [0.15, 0.2) is 0 Å². The summed E-state index contributed by atoms with van der Waals surface area (Å²) < 4.78 is 85.8. The van der Waals surface area contributed by atoms with Crippen LogP contribution >= 0.6 is 22.6 Å². The maximum absolute atomic E-state index is 12.9. The first kappa shape index (κ1) is 17.9. The van der Waals surface area contributed by atoms with Crippen LogP contribution in [0.3, 0.4) is 0 Å². The molecule has 0 heterocycles. The third-order valence-corrected chi connectivity index (χ3v) is 2.79. The van der Waals surface area contributed by atoms with Crippen LogP contribution in [-0.2, 0) is 0 Å². The smallest absolute Gasteiger partial charge is 0.396 e. The SMILES string of the molecule is OCCCCC(I)=CC(F)(F)C(F)(F)C(F)(F)F. The number of aliphatic hydroxyl groups is 1. The van der Waals surface area contributed by atoms with E-state index in [1.807, 2.05) is 0 Å². The summed E-state index contributed by atoms with van der Waals surface area (Å²) in [5.74, 6) is -11.4. The van der Waals surface area contributed by atoms with E-state index in [2.05, 4.69) is 0 Å². The van der Waals surface area contributed by atoms with E-state index in [1.165, 1.54) is 22.6 Å². The number of allylic oxidation sites excluding steroid dienone is 2. The fourth-order valence-corrected chi connectivity index (χ4v) is 1.73. The Balaban J connectivity index is 4.88. The number of alkyl halides is 7. The quantitative estimate of drug-likeness (QED) is 0.405. The lowest BCUT2D eigenvalue weighted by Crippen LogP contribution is -2.50. The van der Waals surface area contributed by atoms with Gasteiger partial charge in [0.05, 0.1) is 0 Å². The van der Waals surface area contributed by atoms with Gasteiger partial charge < -0.3 is 5.11 Å². The van der Waals surface area contributed by atoms with Gasteiger partial charge in [0.1, 0.15) is 0 Å². The Morgan fingerprint density at radius 3 is 1.89 bits per heavy atom. The van der Waals surface area contributed by atoms with E-state index in [-0.39, 0.29) is 35.5 Å². The van der Waals surface area contributed by atoms with Crippen molar-refractivity contribution in [2.45, 2.75) is 37.3 Å². The standard InChI is InChI=1S/C9H10F7IO/c10-7(11,8(12,13)9(14,15)16)5-6(17)3-1-2-4-18/h5,18H,1-4H2. The van der Waals surface area contributed by atoms with E-state index in [4.69, 9.17) is 5.11 Å². The van der Waals surface area contributed by atoms with Crippen molar-refractivity contribution in [1.82, 2.24) is 0 Å². The van der Waals surface area contributed by atoms with Gasteiger partial charge in [0, 0.05) is 12.7 Å². The van der Waals surface area contributed by atoms with E-state index >= 15 is 0 Å². The first-order valence-corrected chi connectivity index (χ1v) is 5.84. The maximum Gasteiger partial charge on any atom is 0.460 e. The van der Waals surface area contributed by atoms with Crippen LogP contribution in [0, 0.1) is 0 Å². The molecule has 0 aromatic carbocycles. The molecule has 0 unspecified atom stereocenters. The van der Waals surface area contributed by atoms with Gasteiger partial charge in [-0.1, -0.05) is 0 Å². The number of halogens is 8. The molecule has 0 amide bonds. The predicted octanol–water partition coefficient (Wildman–Crippen LogP) is 4.30. The van der Waals surface area contributed by atoms with Crippen molar-refractivity contribution >= 4 is 22.6 Å². The molecule has 1 nitrogen and oxygen atoms in total. The van der Waals surface area contributed by atoms with Gasteiger partial charge in [0.2, 0.25) is 0 Å². The van der Waals surface area contributed by atoms with Crippen LogP contribution in [0.1, 0.15) is 19.3 Å². The molecule has 0 aliphatic heterocycles. The predicted molar refractivity (Wildman–Crippen MR) is 59.0 cm³/mol. The highest BCUT2D eigenvalue weighted by molar-refractivity contribution is 14.1. The first-order valence-electron chi connectivity index (χ1n) is 4.76. The molecule has 0 aliphatic carbocycles. The summed E-state index contributed by atoms with van der Waals surface area (Å²) in [5, 5.41) is 8.41. The summed E-state index contributed by atoms with van der Waals surface area (Å²) in [6, 6.07) is 0. The third kappa shape index (κ3) is 4.56. The summed E-state index contributed by atoms with van der Waals surface area (Å²) in [7, 11) is 0. The Morgan fingerprint density at radius 1 is 1.00 bits per heavy atom. The molecule has 0 saturated carbocycles. The Labute approximate surface area is 112 Å². The van der Waals surface area contributed by atoms with Crippen LogP contribution in [0.5, 0.6) is 0 Å². The van der Waals surface area contributed by atoms with Crippen molar-refractivity contribution in [3.8, 4) is 0 Å². The summed E-state index contributed by atoms with van der Waals surface area (Å²) >= 11 is 1.27. The van der Waals surface area contributed by atoms with E-state index < -0.39 is 18.0 Å². The molecular weight excluding hydrogens is 384 g/mol. The minimum atomic E-state index is -6.31. The summed E-state index contributed by atoms with van der Waals surface area (Å²) in [5.41, 5.74) is 0. The average Bonchev–Trinajstić information content (AvgIpc) is 2.15. The first-order chi connectivity index (χ1) is 7.95. The van der Waals surface area contributed by atoms with Crippen LogP contribution in [0.4, 0.5) is 30.7 Å². The lowest BCUT2D eigenvalue weighted by atomic mass is 10.1. The number of rotatable bonds is 6. The molecule has 1 N–H and O–H groups in total. The van der Waals surface area contributed by atoms with Crippen LogP contribution < -0.4 is 0 Å². The molecule has 0 aliphatic rings. The van der Waals surface area contributed by atoms with Crippen LogP contribution in [-0.4, -0.2) is 29.7 Å². The van der Waals surface area contributed by atoms with E-state index in [1.54, 1.807) is 0 Å². The highest BCUT2D eigenvalue weighted by Crippen LogP contribution is 2.47.